The minimum atomic E-state index is -4.54. The summed E-state index contributed by atoms with van der Waals surface area (Å²) in [5.41, 5.74) is -0.154. The van der Waals surface area contributed by atoms with E-state index in [1.807, 2.05) is 4.90 Å². The summed E-state index contributed by atoms with van der Waals surface area (Å²) in [5.74, 6) is -0.658. The Morgan fingerprint density at radius 1 is 1.15 bits per heavy atom. The van der Waals surface area contributed by atoms with Gasteiger partial charge in [-0.15, -0.1) is 0 Å². The third-order valence-electron chi connectivity index (χ3n) is 3.97. The number of aromatic nitrogens is 2. The van der Waals surface area contributed by atoms with Gasteiger partial charge in [0.25, 0.3) is 0 Å². The average Bonchev–Trinajstić information content (AvgIpc) is 3.14. The van der Waals surface area contributed by atoms with Crippen LogP contribution in [0.4, 0.5) is 19.0 Å². The number of alkyl halides is 3. The molecule has 0 amide bonds. The fourth-order valence-electron chi connectivity index (χ4n) is 2.62. The maximum absolute atomic E-state index is 13.1. The summed E-state index contributed by atoms with van der Waals surface area (Å²) in [6, 6.07) is 6.96. The second kappa shape index (κ2) is 7.53. The monoisotopic (exact) mass is 382 g/mol. The van der Waals surface area contributed by atoms with Crippen LogP contribution in [0.2, 0.25) is 0 Å². The molecule has 2 heterocycles. The Hall–Kier alpha value is -2.29. The number of thioether (sulfide) groups is 1. The molecule has 0 N–H and O–H groups in total. The molecule has 0 atom stereocenters. The van der Waals surface area contributed by atoms with Gasteiger partial charge in [0.2, 0.25) is 0 Å². The number of halogens is 3. The van der Waals surface area contributed by atoms with Gasteiger partial charge in [0.1, 0.15) is 5.82 Å². The molecule has 1 aromatic carbocycles. The van der Waals surface area contributed by atoms with Crippen molar-refractivity contribution in [2.24, 2.45) is 0 Å². The first kappa shape index (κ1) is 18.5. The summed E-state index contributed by atoms with van der Waals surface area (Å²) in [7, 11) is 0. The zero-order chi connectivity index (χ0) is 18.7. The Morgan fingerprint density at radius 3 is 2.38 bits per heavy atom. The minimum Gasteiger partial charge on any atom is -0.545 e. The van der Waals surface area contributed by atoms with E-state index in [1.165, 1.54) is 12.1 Å². The SMILES string of the molecule is O=C([O-])c1ccc(CSc2nc(N3CCCC3)cc(C(F)(F)F)n2)cc1. The first-order chi connectivity index (χ1) is 12.3. The van der Waals surface area contributed by atoms with Crippen molar-refractivity contribution in [3.8, 4) is 0 Å². The normalized spacial score (nSPS) is 14.7. The molecule has 0 aliphatic carbocycles. The van der Waals surface area contributed by atoms with E-state index in [9.17, 15) is 23.1 Å². The van der Waals surface area contributed by atoms with E-state index in [0.29, 0.717) is 24.7 Å². The van der Waals surface area contributed by atoms with Crippen molar-refractivity contribution in [3.05, 3.63) is 47.2 Å². The molecule has 0 spiro atoms. The number of aromatic carboxylic acids is 1. The highest BCUT2D eigenvalue weighted by molar-refractivity contribution is 7.98. The lowest BCUT2D eigenvalue weighted by atomic mass is 10.1. The summed E-state index contributed by atoms with van der Waals surface area (Å²) >= 11 is 1.08. The summed E-state index contributed by atoms with van der Waals surface area (Å²) < 4.78 is 39.4. The first-order valence-corrected chi connectivity index (χ1v) is 8.96. The maximum atomic E-state index is 13.1. The van der Waals surface area contributed by atoms with Gasteiger partial charge in [-0.05, 0) is 24.0 Å². The van der Waals surface area contributed by atoms with Gasteiger partial charge in [-0.3, -0.25) is 0 Å². The van der Waals surface area contributed by atoms with E-state index in [-0.39, 0.29) is 10.7 Å². The van der Waals surface area contributed by atoms with Crippen LogP contribution in [-0.2, 0) is 11.9 Å². The third kappa shape index (κ3) is 4.46. The number of hydrogen-bond donors (Lipinski definition) is 0. The van der Waals surface area contributed by atoms with Crippen LogP contribution in [0.25, 0.3) is 0 Å². The summed E-state index contributed by atoms with van der Waals surface area (Å²) in [6.07, 6.45) is -2.68. The lowest BCUT2D eigenvalue weighted by Crippen LogP contribution is -2.22. The number of carbonyl (C=O) groups excluding carboxylic acids is 1. The molecule has 1 aliphatic rings. The van der Waals surface area contributed by atoms with Crippen molar-refractivity contribution >= 4 is 23.5 Å². The van der Waals surface area contributed by atoms with Crippen LogP contribution in [0, 0.1) is 0 Å². The van der Waals surface area contributed by atoms with Crippen LogP contribution in [0.1, 0.15) is 34.5 Å². The fourth-order valence-corrected chi connectivity index (χ4v) is 3.42. The summed E-state index contributed by atoms with van der Waals surface area (Å²) in [5, 5.41) is 10.8. The average molecular weight is 382 g/mol. The van der Waals surface area contributed by atoms with E-state index < -0.39 is 17.8 Å². The molecule has 0 bridgehead atoms. The minimum absolute atomic E-state index is 0.0467. The molecule has 0 unspecified atom stereocenters. The molecular weight excluding hydrogens is 367 g/mol. The van der Waals surface area contributed by atoms with E-state index in [4.69, 9.17) is 0 Å². The molecule has 1 saturated heterocycles. The summed E-state index contributed by atoms with van der Waals surface area (Å²) in [4.78, 5) is 20.5. The number of carboxylic acids is 1. The molecule has 26 heavy (non-hydrogen) atoms. The largest absolute Gasteiger partial charge is 0.545 e. The highest BCUT2D eigenvalue weighted by Crippen LogP contribution is 2.33. The topological polar surface area (TPSA) is 69.2 Å². The van der Waals surface area contributed by atoms with Crippen LogP contribution >= 0.6 is 11.8 Å². The van der Waals surface area contributed by atoms with Crippen molar-refractivity contribution in [1.82, 2.24) is 9.97 Å². The molecule has 2 aromatic rings. The van der Waals surface area contributed by atoms with Gasteiger partial charge in [-0.25, -0.2) is 9.97 Å². The number of anilines is 1. The van der Waals surface area contributed by atoms with E-state index in [2.05, 4.69) is 9.97 Å². The first-order valence-electron chi connectivity index (χ1n) is 7.97. The Kier molecular flexibility index (Phi) is 5.36. The molecule has 1 aromatic heterocycles. The standard InChI is InChI=1S/C17H16F3N3O2S/c18-17(19,20)13-9-14(23-7-1-2-8-23)22-16(21-13)26-10-11-3-5-12(6-4-11)15(24)25/h3-6,9H,1-2,7-8,10H2,(H,24,25)/p-1. The molecule has 1 aliphatic heterocycles. The van der Waals surface area contributed by atoms with Crippen LogP contribution in [0.5, 0.6) is 0 Å². The van der Waals surface area contributed by atoms with Gasteiger partial charge in [0.15, 0.2) is 10.9 Å². The second-order valence-corrected chi connectivity index (χ2v) is 6.80. The quantitative estimate of drug-likeness (QED) is 0.585. The Morgan fingerprint density at radius 2 is 1.81 bits per heavy atom. The van der Waals surface area contributed by atoms with Crippen molar-refractivity contribution in [1.29, 1.82) is 0 Å². The fraction of sp³-hybridized carbons (Fsp3) is 0.353. The van der Waals surface area contributed by atoms with Gasteiger partial charge in [0, 0.05) is 24.9 Å². The zero-order valence-electron chi connectivity index (χ0n) is 13.6. The second-order valence-electron chi connectivity index (χ2n) is 5.86. The molecule has 5 nitrogen and oxygen atoms in total. The number of hydrogen-bond acceptors (Lipinski definition) is 6. The smallest absolute Gasteiger partial charge is 0.433 e. The van der Waals surface area contributed by atoms with Crippen molar-refractivity contribution < 1.29 is 23.1 Å². The van der Waals surface area contributed by atoms with Crippen molar-refractivity contribution in [2.75, 3.05) is 18.0 Å². The lowest BCUT2D eigenvalue weighted by Gasteiger charge is -2.18. The molecule has 9 heteroatoms. The highest BCUT2D eigenvalue weighted by atomic mass is 32.2. The molecule has 1 fully saturated rings. The number of benzene rings is 1. The maximum Gasteiger partial charge on any atom is 0.433 e. The van der Waals surface area contributed by atoms with E-state index in [0.717, 1.165) is 36.2 Å². The number of rotatable bonds is 5. The lowest BCUT2D eigenvalue weighted by molar-refractivity contribution is -0.255. The molecule has 0 radical (unpaired) electrons. The molecular formula is C17H15F3N3O2S-. The van der Waals surface area contributed by atoms with Crippen LogP contribution in [0.3, 0.4) is 0 Å². The van der Waals surface area contributed by atoms with Crippen LogP contribution < -0.4 is 10.0 Å². The number of carboxylic acid groups (broad SMARTS) is 1. The Bertz CT molecular complexity index is 791. The predicted octanol–water partition coefficient (Wildman–Crippen LogP) is 2.75. The number of nitrogens with zero attached hydrogens (tertiary/aromatic N) is 3. The molecule has 0 saturated carbocycles. The Balaban J connectivity index is 1.79. The third-order valence-corrected chi connectivity index (χ3v) is 4.89. The van der Waals surface area contributed by atoms with Crippen molar-refractivity contribution in [2.45, 2.75) is 29.9 Å². The van der Waals surface area contributed by atoms with Gasteiger partial charge >= 0.3 is 6.18 Å². The highest BCUT2D eigenvalue weighted by Gasteiger charge is 2.34. The van der Waals surface area contributed by atoms with Crippen LogP contribution in [-0.4, -0.2) is 29.0 Å². The van der Waals surface area contributed by atoms with E-state index >= 15 is 0 Å². The van der Waals surface area contributed by atoms with Gasteiger partial charge in [-0.2, -0.15) is 13.2 Å². The molecule has 138 valence electrons. The Labute approximate surface area is 152 Å². The van der Waals surface area contributed by atoms with Crippen LogP contribution in [0.15, 0.2) is 35.5 Å². The van der Waals surface area contributed by atoms with Crippen molar-refractivity contribution in [3.63, 3.8) is 0 Å². The summed E-state index contributed by atoms with van der Waals surface area (Å²) in [6.45, 7) is 1.37. The number of carbonyl (C=O) groups is 1. The van der Waals surface area contributed by atoms with Gasteiger partial charge < -0.3 is 14.8 Å². The predicted molar refractivity (Wildman–Crippen MR) is 88.8 cm³/mol. The van der Waals surface area contributed by atoms with Gasteiger partial charge in [-0.1, -0.05) is 36.0 Å². The van der Waals surface area contributed by atoms with Gasteiger partial charge in [0.05, 0.1) is 5.97 Å². The molecule has 3 rings (SSSR count). The van der Waals surface area contributed by atoms with E-state index in [1.54, 1.807) is 12.1 Å². The zero-order valence-corrected chi connectivity index (χ0v) is 14.4.